The van der Waals surface area contributed by atoms with E-state index in [1.54, 1.807) is 26.4 Å². The molecule has 0 unspecified atom stereocenters. The molecule has 0 spiro atoms. The second kappa shape index (κ2) is 10.4. The van der Waals surface area contributed by atoms with Gasteiger partial charge in [0.25, 0.3) is 0 Å². The molecule has 1 aliphatic heterocycles. The molecule has 1 N–H and O–H groups in total. The third kappa shape index (κ3) is 6.06. The standard InChI is InChI=1S/C22H29FN2O4/c1-27-21-8-7-19(13-22(21)28-2)25-11-9-24(10-12-25)14-20(26)16-29-15-17-3-5-18(23)6-4-17/h3-8,13,20,26H,9-12,14-16H2,1-2H3/t20-/m1/s1. The fourth-order valence-electron chi connectivity index (χ4n) is 3.45. The maximum atomic E-state index is 12.9. The largest absolute Gasteiger partial charge is 0.493 e. The van der Waals surface area contributed by atoms with Crippen molar-refractivity contribution in [3.8, 4) is 11.5 Å². The molecule has 0 radical (unpaired) electrons. The Morgan fingerprint density at radius 1 is 0.966 bits per heavy atom. The number of rotatable bonds is 9. The smallest absolute Gasteiger partial charge is 0.162 e. The van der Waals surface area contributed by atoms with Crippen LogP contribution < -0.4 is 14.4 Å². The quantitative estimate of drug-likeness (QED) is 0.693. The molecule has 0 aromatic heterocycles. The highest BCUT2D eigenvalue weighted by atomic mass is 19.1. The lowest BCUT2D eigenvalue weighted by molar-refractivity contribution is 0.00912. The van der Waals surface area contributed by atoms with Crippen LogP contribution in [0.2, 0.25) is 0 Å². The molecule has 1 aliphatic rings. The van der Waals surface area contributed by atoms with Crippen LogP contribution in [0.15, 0.2) is 42.5 Å². The van der Waals surface area contributed by atoms with Crippen molar-refractivity contribution in [2.24, 2.45) is 0 Å². The summed E-state index contributed by atoms with van der Waals surface area (Å²) in [5.41, 5.74) is 1.99. The van der Waals surface area contributed by atoms with Crippen molar-refractivity contribution in [3.63, 3.8) is 0 Å². The first-order valence-electron chi connectivity index (χ1n) is 9.78. The Morgan fingerprint density at radius 3 is 2.31 bits per heavy atom. The monoisotopic (exact) mass is 404 g/mol. The summed E-state index contributed by atoms with van der Waals surface area (Å²) >= 11 is 0. The number of aliphatic hydroxyl groups is 1. The van der Waals surface area contributed by atoms with Gasteiger partial charge < -0.3 is 24.2 Å². The van der Waals surface area contributed by atoms with E-state index in [2.05, 4.69) is 9.80 Å². The number of piperazine rings is 1. The fraction of sp³-hybridized carbons (Fsp3) is 0.455. The van der Waals surface area contributed by atoms with Gasteiger partial charge in [-0.2, -0.15) is 0 Å². The Balaban J connectivity index is 1.40. The summed E-state index contributed by atoms with van der Waals surface area (Å²) in [6.45, 7) is 4.67. The molecule has 0 aliphatic carbocycles. The zero-order valence-corrected chi connectivity index (χ0v) is 17.0. The molecule has 29 heavy (non-hydrogen) atoms. The summed E-state index contributed by atoms with van der Waals surface area (Å²) in [6, 6.07) is 12.1. The zero-order chi connectivity index (χ0) is 20.6. The first-order chi connectivity index (χ1) is 14.1. The van der Waals surface area contributed by atoms with E-state index in [0.29, 0.717) is 13.2 Å². The molecule has 2 aromatic rings. The maximum absolute atomic E-state index is 12.9. The van der Waals surface area contributed by atoms with Crippen LogP contribution in [0.1, 0.15) is 5.56 Å². The summed E-state index contributed by atoms with van der Waals surface area (Å²) in [5.74, 6) is 1.18. The van der Waals surface area contributed by atoms with E-state index in [9.17, 15) is 9.50 Å². The molecule has 7 heteroatoms. The predicted octanol–water partition coefficient (Wildman–Crippen LogP) is 2.54. The van der Waals surface area contributed by atoms with Gasteiger partial charge in [-0.05, 0) is 29.8 Å². The summed E-state index contributed by atoms with van der Waals surface area (Å²) in [5, 5.41) is 10.3. The van der Waals surface area contributed by atoms with Gasteiger partial charge in [-0.3, -0.25) is 4.90 Å². The van der Waals surface area contributed by atoms with E-state index in [1.807, 2.05) is 18.2 Å². The molecule has 1 fully saturated rings. The Morgan fingerprint density at radius 2 is 1.66 bits per heavy atom. The predicted molar refractivity (Wildman–Crippen MR) is 110 cm³/mol. The normalized spacial score (nSPS) is 15.9. The minimum Gasteiger partial charge on any atom is -0.493 e. The Hall–Kier alpha value is -2.35. The molecule has 0 amide bonds. The first-order valence-corrected chi connectivity index (χ1v) is 9.78. The van der Waals surface area contributed by atoms with E-state index < -0.39 is 6.10 Å². The van der Waals surface area contributed by atoms with E-state index in [-0.39, 0.29) is 12.4 Å². The average Bonchev–Trinajstić information content (AvgIpc) is 2.75. The lowest BCUT2D eigenvalue weighted by Gasteiger charge is -2.37. The molecule has 1 saturated heterocycles. The lowest BCUT2D eigenvalue weighted by atomic mass is 10.2. The van der Waals surface area contributed by atoms with E-state index in [0.717, 1.165) is 48.9 Å². The van der Waals surface area contributed by atoms with Crippen LogP contribution >= 0.6 is 0 Å². The molecule has 158 valence electrons. The van der Waals surface area contributed by atoms with Gasteiger partial charge in [0.15, 0.2) is 11.5 Å². The van der Waals surface area contributed by atoms with E-state index in [4.69, 9.17) is 14.2 Å². The van der Waals surface area contributed by atoms with Gasteiger partial charge in [0.2, 0.25) is 0 Å². The highest BCUT2D eigenvalue weighted by Gasteiger charge is 2.20. The number of hydrogen-bond donors (Lipinski definition) is 1. The Kier molecular flexibility index (Phi) is 7.69. The highest BCUT2D eigenvalue weighted by Crippen LogP contribution is 2.31. The fourth-order valence-corrected chi connectivity index (χ4v) is 3.45. The second-order valence-electron chi connectivity index (χ2n) is 7.12. The number of methoxy groups -OCH3 is 2. The Bertz CT molecular complexity index is 764. The number of nitrogens with zero attached hydrogens (tertiary/aromatic N) is 2. The van der Waals surface area contributed by atoms with Crippen molar-refractivity contribution >= 4 is 5.69 Å². The van der Waals surface area contributed by atoms with Gasteiger partial charge in [0.1, 0.15) is 5.82 Å². The summed E-state index contributed by atoms with van der Waals surface area (Å²) in [6.07, 6.45) is -0.553. The van der Waals surface area contributed by atoms with Crippen molar-refractivity contribution in [2.45, 2.75) is 12.7 Å². The third-order valence-electron chi connectivity index (χ3n) is 5.07. The van der Waals surface area contributed by atoms with E-state index >= 15 is 0 Å². The number of β-amino-alcohol motifs (C(OH)–C–C–N with tert-alkyl or cyclic N) is 1. The molecule has 6 nitrogen and oxygen atoms in total. The van der Waals surface area contributed by atoms with Crippen molar-refractivity contribution in [3.05, 3.63) is 53.8 Å². The molecule has 0 bridgehead atoms. The molecule has 2 aromatic carbocycles. The SMILES string of the molecule is COc1ccc(N2CCN(C[C@@H](O)COCc3ccc(F)cc3)CC2)cc1OC. The number of halogens is 1. The molecule has 3 rings (SSSR count). The van der Waals surface area contributed by atoms with Gasteiger partial charge in [-0.25, -0.2) is 4.39 Å². The van der Waals surface area contributed by atoms with Crippen LogP contribution in [0.4, 0.5) is 10.1 Å². The topological polar surface area (TPSA) is 54.4 Å². The summed E-state index contributed by atoms with van der Waals surface area (Å²) < 4.78 is 29.2. The number of ether oxygens (including phenoxy) is 3. The van der Waals surface area contributed by atoms with Crippen molar-refractivity contribution in [1.82, 2.24) is 4.90 Å². The van der Waals surface area contributed by atoms with Crippen LogP contribution in [0.5, 0.6) is 11.5 Å². The zero-order valence-electron chi connectivity index (χ0n) is 17.0. The van der Waals surface area contributed by atoms with Crippen LogP contribution in [0, 0.1) is 5.82 Å². The van der Waals surface area contributed by atoms with Crippen LogP contribution in [0.25, 0.3) is 0 Å². The van der Waals surface area contributed by atoms with Crippen molar-refractivity contribution in [2.75, 3.05) is 58.5 Å². The average molecular weight is 404 g/mol. The van der Waals surface area contributed by atoms with Gasteiger partial charge in [-0.15, -0.1) is 0 Å². The summed E-state index contributed by atoms with van der Waals surface area (Å²) in [4.78, 5) is 4.54. The van der Waals surface area contributed by atoms with Crippen LogP contribution in [0.3, 0.4) is 0 Å². The number of anilines is 1. The molecule has 1 heterocycles. The van der Waals surface area contributed by atoms with Crippen molar-refractivity contribution < 1.29 is 23.7 Å². The maximum Gasteiger partial charge on any atom is 0.162 e. The first kappa shape index (κ1) is 21.4. The number of benzene rings is 2. The highest BCUT2D eigenvalue weighted by molar-refractivity contribution is 5.56. The molecular formula is C22H29FN2O4. The number of hydrogen-bond acceptors (Lipinski definition) is 6. The Labute approximate surface area is 171 Å². The van der Waals surface area contributed by atoms with Crippen molar-refractivity contribution in [1.29, 1.82) is 0 Å². The van der Waals surface area contributed by atoms with E-state index in [1.165, 1.54) is 12.1 Å². The summed E-state index contributed by atoms with van der Waals surface area (Å²) in [7, 11) is 3.27. The molecule has 0 saturated carbocycles. The second-order valence-corrected chi connectivity index (χ2v) is 7.12. The third-order valence-corrected chi connectivity index (χ3v) is 5.07. The van der Waals surface area contributed by atoms with Gasteiger partial charge >= 0.3 is 0 Å². The molecule has 1 atom stereocenters. The molecular weight excluding hydrogens is 375 g/mol. The van der Waals surface area contributed by atoms with Crippen LogP contribution in [-0.2, 0) is 11.3 Å². The lowest BCUT2D eigenvalue weighted by Crippen LogP contribution is -2.49. The minimum absolute atomic E-state index is 0.257. The van der Waals surface area contributed by atoms with Gasteiger partial charge in [-0.1, -0.05) is 12.1 Å². The minimum atomic E-state index is -0.553. The number of aliphatic hydroxyl groups excluding tert-OH is 1. The van der Waals surface area contributed by atoms with Gasteiger partial charge in [0.05, 0.1) is 33.5 Å². The van der Waals surface area contributed by atoms with Gasteiger partial charge in [0, 0.05) is 44.5 Å². The van der Waals surface area contributed by atoms with Crippen LogP contribution in [-0.4, -0.2) is 69.7 Å².